The maximum absolute atomic E-state index is 12.4. The van der Waals surface area contributed by atoms with E-state index in [1.54, 1.807) is 6.08 Å². The van der Waals surface area contributed by atoms with Crippen molar-refractivity contribution < 1.29 is 26.4 Å². The van der Waals surface area contributed by atoms with Crippen LogP contribution >= 0.6 is 0 Å². The number of primary sulfonamides is 1. The highest BCUT2D eigenvalue weighted by Crippen LogP contribution is 2.40. The van der Waals surface area contributed by atoms with Gasteiger partial charge in [0.05, 0.1) is 17.2 Å². The summed E-state index contributed by atoms with van der Waals surface area (Å²) >= 11 is 0. The molecule has 0 spiro atoms. The number of nitrogens with two attached hydrogens (primary N) is 1. The molecule has 2 aromatic carbocycles. The number of isocyanates is 1. The second-order valence-electron chi connectivity index (χ2n) is 15.0. The number of rotatable bonds is 11. The maximum Gasteiger partial charge on any atom is 0.332 e. The first-order chi connectivity index (χ1) is 25.0. The standard InChI is InChI=1S/C19H27N3O3S.C13H13NO.C6H14N2O2S/c23-19(21-26(24,25)12-4-11-22-9-3-10-22)20-18-16-7-1-5-14(16)13-15-6-2-8-17(15)18;15-8-14-13-11-5-1-3-9(11)7-10-4-2-6-12(10)13;7-11(9,10)6-2-5-8-3-1-4-8/h13H,1-12H2,(H2,20,21,23);7H,1-6H2;1-6H2,(H2,7,9,10). The topological polar surface area (TPSA) is 171 Å². The molecule has 12 nitrogen and oxygen atoms in total. The summed E-state index contributed by atoms with van der Waals surface area (Å²) < 4.78 is 47.5. The highest BCUT2D eigenvalue weighted by Gasteiger charge is 2.27. The van der Waals surface area contributed by atoms with Crippen LogP contribution in [0.5, 0.6) is 0 Å². The van der Waals surface area contributed by atoms with Gasteiger partial charge in [-0.05, 0) is 187 Å². The van der Waals surface area contributed by atoms with Gasteiger partial charge < -0.3 is 15.1 Å². The number of carbonyl (C=O) groups excluding carboxylic acids is 2. The smallest absolute Gasteiger partial charge is 0.307 e. The molecule has 52 heavy (non-hydrogen) atoms. The van der Waals surface area contributed by atoms with Crippen LogP contribution in [0.1, 0.15) is 95.9 Å². The molecule has 0 atom stereocenters. The van der Waals surface area contributed by atoms with Gasteiger partial charge in [-0.1, -0.05) is 12.1 Å². The van der Waals surface area contributed by atoms with Crippen LogP contribution in [0.4, 0.5) is 16.2 Å². The average molecular weight is 755 g/mol. The van der Waals surface area contributed by atoms with E-state index < -0.39 is 26.1 Å². The lowest BCUT2D eigenvalue weighted by Crippen LogP contribution is -2.40. The number of aryl methyl sites for hydroxylation is 4. The lowest BCUT2D eigenvalue weighted by Gasteiger charge is -2.30. The van der Waals surface area contributed by atoms with Crippen molar-refractivity contribution in [1.29, 1.82) is 0 Å². The van der Waals surface area contributed by atoms with Gasteiger partial charge in [-0.15, -0.1) is 0 Å². The van der Waals surface area contributed by atoms with Crippen molar-refractivity contribution in [2.24, 2.45) is 10.1 Å². The fraction of sp³-hybridized carbons (Fsp3) is 0.632. The molecule has 2 aromatic rings. The second-order valence-corrected chi connectivity index (χ2v) is 18.6. The Balaban J connectivity index is 0.000000150. The first-order valence-corrected chi connectivity index (χ1v) is 22.5. The first-order valence-electron chi connectivity index (χ1n) is 19.2. The Hall–Kier alpha value is -3.13. The zero-order valence-electron chi connectivity index (χ0n) is 30.3. The summed E-state index contributed by atoms with van der Waals surface area (Å²) in [5.41, 5.74) is 12.4. The van der Waals surface area contributed by atoms with Crippen molar-refractivity contribution in [2.75, 3.05) is 56.1 Å². The molecule has 2 aliphatic heterocycles. The lowest BCUT2D eigenvalue weighted by atomic mass is 9.99. The SMILES string of the molecule is NS(=O)(=O)CCCN1CCC1.O=C(Nc1c2c(cc3c1CCC3)CCC2)NS(=O)(=O)CCCN1CCC1.O=C=Nc1c2c(cc3c1CCC3)CCC2. The van der Waals surface area contributed by atoms with E-state index in [4.69, 9.17) is 5.14 Å². The van der Waals surface area contributed by atoms with Gasteiger partial charge in [0.2, 0.25) is 26.1 Å². The predicted octanol–water partition coefficient (Wildman–Crippen LogP) is 4.21. The number of nitrogens with one attached hydrogen (secondary N) is 2. The van der Waals surface area contributed by atoms with E-state index in [2.05, 4.69) is 37.0 Å². The molecule has 0 unspecified atom stereocenters. The fourth-order valence-corrected chi connectivity index (χ4v) is 9.92. The number of carbonyl (C=O) groups is 1. The molecule has 0 radical (unpaired) electrons. The van der Waals surface area contributed by atoms with Gasteiger partial charge in [-0.25, -0.2) is 36.3 Å². The number of anilines is 1. The molecule has 14 heteroatoms. The number of fused-ring (bicyclic) bond motifs is 4. The van der Waals surface area contributed by atoms with Crippen molar-refractivity contribution >= 4 is 43.5 Å². The molecule has 2 saturated heterocycles. The third-order valence-electron chi connectivity index (χ3n) is 11.2. The summed E-state index contributed by atoms with van der Waals surface area (Å²) in [7, 11) is -6.83. The summed E-state index contributed by atoms with van der Waals surface area (Å²) in [6, 6.07) is 4.01. The Labute approximate surface area is 309 Å². The summed E-state index contributed by atoms with van der Waals surface area (Å²) in [5.74, 6) is 0.103. The zero-order valence-corrected chi connectivity index (χ0v) is 31.9. The first kappa shape index (κ1) is 38.6. The van der Waals surface area contributed by atoms with Gasteiger partial charge in [0, 0.05) is 5.69 Å². The Kier molecular flexibility index (Phi) is 12.9. The molecule has 6 aliphatic rings. The number of amides is 2. The van der Waals surface area contributed by atoms with E-state index in [1.165, 1.54) is 70.2 Å². The van der Waals surface area contributed by atoms with Gasteiger partial charge in [-0.2, -0.15) is 4.99 Å². The molecule has 284 valence electrons. The van der Waals surface area contributed by atoms with Gasteiger partial charge in [0.25, 0.3) is 0 Å². The van der Waals surface area contributed by atoms with Crippen LogP contribution in [-0.4, -0.2) is 89.5 Å². The molecule has 2 amide bonds. The predicted molar refractivity (Wildman–Crippen MR) is 204 cm³/mol. The molecular formula is C38H54N6O6S2. The molecular weight excluding hydrogens is 701 g/mol. The third kappa shape index (κ3) is 10.1. The Morgan fingerprint density at radius 1 is 0.673 bits per heavy atom. The van der Waals surface area contributed by atoms with Crippen LogP contribution < -0.4 is 15.2 Å². The summed E-state index contributed by atoms with van der Waals surface area (Å²) in [4.78, 5) is 31.3. The van der Waals surface area contributed by atoms with Gasteiger partial charge in [0.15, 0.2) is 0 Å². The quantitative estimate of drug-likeness (QED) is 0.226. The number of likely N-dealkylation sites (tertiary alicyclic amines) is 2. The van der Waals surface area contributed by atoms with Crippen LogP contribution in [-0.2, 0) is 76.2 Å². The van der Waals surface area contributed by atoms with E-state index >= 15 is 0 Å². The van der Waals surface area contributed by atoms with Crippen molar-refractivity contribution in [1.82, 2.24) is 14.5 Å². The van der Waals surface area contributed by atoms with Crippen molar-refractivity contribution in [3.8, 4) is 0 Å². The van der Waals surface area contributed by atoms with E-state index in [9.17, 15) is 26.4 Å². The van der Waals surface area contributed by atoms with Gasteiger partial charge in [0.1, 0.15) is 0 Å². The highest BCUT2D eigenvalue weighted by molar-refractivity contribution is 7.90. The van der Waals surface area contributed by atoms with Crippen molar-refractivity contribution in [2.45, 2.75) is 103 Å². The number of urea groups is 1. The van der Waals surface area contributed by atoms with Crippen LogP contribution in [0.3, 0.4) is 0 Å². The summed E-state index contributed by atoms with van der Waals surface area (Å²) in [5, 5.41) is 7.72. The Morgan fingerprint density at radius 3 is 1.54 bits per heavy atom. The molecule has 8 rings (SSSR count). The van der Waals surface area contributed by atoms with Crippen LogP contribution in [0, 0.1) is 0 Å². The minimum Gasteiger partial charge on any atom is -0.307 e. The van der Waals surface area contributed by atoms with E-state index in [-0.39, 0.29) is 11.5 Å². The Bertz CT molecular complexity index is 1840. The van der Waals surface area contributed by atoms with Crippen LogP contribution in [0.2, 0.25) is 0 Å². The number of sulfonamides is 2. The molecule has 4 N–H and O–H groups in total. The molecule has 2 fully saturated rings. The maximum atomic E-state index is 12.4. The second kappa shape index (κ2) is 17.3. The fourth-order valence-electron chi connectivity index (χ4n) is 8.44. The highest BCUT2D eigenvalue weighted by atomic mass is 32.2. The number of hydrogen-bond donors (Lipinski definition) is 3. The minimum atomic E-state index is -3.60. The molecule has 4 aliphatic carbocycles. The largest absolute Gasteiger partial charge is 0.332 e. The average Bonchev–Trinajstić information content (AvgIpc) is 3.86. The minimum absolute atomic E-state index is 0.0120. The lowest BCUT2D eigenvalue weighted by molar-refractivity contribution is 0.182. The van der Waals surface area contributed by atoms with Gasteiger partial charge in [-0.3, -0.25) is 0 Å². The van der Waals surface area contributed by atoms with E-state index in [1.807, 2.05) is 0 Å². The number of benzene rings is 2. The third-order valence-corrected chi connectivity index (χ3v) is 13.4. The number of nitrogens with zero attached hydrogens (tertiary/aromatic N) is 3. The zero-order chi connectivity index (χ0) is 36.7. The normalized spacial score (nSPS) is 18.6. The monoisotopic (exact) mass is 754 g/mol. The Morgan fingerprint density at radius 2 is 1.12 bits per heavy atom. The summed E-state index contributed by atoms with van der Waals surface area (Å²) in [6.07, 6.45) is 18.5. The van der Waals surface area contributed by atoms with Crippen LogP contribution in [0.25, 0.3) is 0 Å². The number of hydrogen-bond acceptors (Lipinski definition) is 9. The van der Waals surface area contributed by atoms with E-state index in [0.29, 0.717) is 12.8 Å². The molecule has 0 bridgehead atoms. The summed E-state index contributed by atoms with van der Waals surface area (Å²) in [6.45, 7) is 5.99. The van der Waals surface area contributed by atoms with Crippen molar-refractivity contribution in [3.05, 3.63) is 56.6 Å². The van der Waals surface area contributed by atoms with Crippen molar-refractivity contribution in [3.63, 3.8) is 0 Å². The number of aliphatic imine (C=N–C) groups is 1. The van der Waals surface area contributed by atoms with Gasteiger partial charge >= 0.3 is 6.03 Å². The van der Waals surface area contributed by atoms with Crippen LogP contribution in [0.15, 0.2) is 17.1 Å². The molecule has 0 saturated carbocycles. The van der Waals surface area contributed by atoms with E-state index in [0.717, 1.165) is 115 Å². The molecule has 0 aromatic heterocycles. The molecule has 2 heterocycles.